The second kappa shape index (κ2) is 4.63. The zero-order valence-corrected chi connectivity index (χ0v) is 12.3. The van der Waals surface area contributed by atoms with Crippen LogP contribution in [0.4, 0.5) is 0 Å². The molecule has 2 aromatic heterocycles. The van der Waals surface area contributed by atoms with Crippen LogP contribution in [-0.4, -0.2) is 21.2 Å². The minimum Gasteiger partial charge on any atom is -0.339 e. The van der Waals surface area contributed by atoms with Crippen molar-refractivity contribution >= 4 is 11.3 Å². The molecule has 0 aliphatic heterocycles. The summed E-state index contributed by atoms with van der Waals surface area (Å²) in [6.07, 6.45) is 4.40. The Morgan fingerprint density at radius 1 is 1.35 bits per heavy atom. The molecule has 106 valence electrons. The molecule has 6 heteroatoms. The van der Waals surface area contributed by atoms with Crippen molar-refractivity contribution in [2.45, 2.75) is 44.6 Å². The van der Waals surface area contributed by atoms with Crippen molar-refractivity contribution in [1.29, 1.82) is 0 Å². The average molecular weight is 290 g/mol. The van der Waals surface area contributed by atoms with Gasteiger partial charge in [0, 0.05) is 17.1 Å². The lowest BCUT2D eigenvalue weighted by Crippen LogP contribution is -2.34. The normalized spacial score (nSPS) is 32.1. The van der Waals surface area contributed by atoms with Crippen LogP contribution in [0.15, 0.2) is 9.90 Å². The number of hydrogen-bond donors (Lipinski definition) is 1. The summed E-state index contributed by atoms with van der Waals surface area (Å²) in [5.41, 5.74) is 7.37. The second-order valence-electron chi connectivity index (χ2n) is 6.04. The Hall–Kier alpha value is -1.27. The molecule has 4 rings (SSSR count). The van der Waals surface area contributed by atoms with E-state index >= 15 is 0 Å². The number of aromatic nitrogens is 3. The van der Waals surface area contributed by atoms with Gasteiger partial charge in [-0.2, -0.15) is 4.98 Å². The maximum atomic E-state index is 6.32. The number of nitrogens with zero attached hydrogens (tertiary/aromatic N) is 3. The van der Waals surface area contributed by atoms with Gasteiger partial charge in [0.15, 0.2) is 5.82 Å². The zero-order chi connectivity index (χ0) is 13.7. The van der Waals surface area contributed by atoms with E-state index < -0.39 is 0 Å². The predicted octanol–water partition coefficient (Wildman–Crippen LogP) is 2.27. The molecule has 0 amide bonds. The first-order chi connectivity index (χ1) is 9.70. The van der Waals surface area contributed by atoms with E-state index in [0.29, 0.717) is 18.3 Å². The first-order valence-electron chi connectivity index (χ1n) is 7.20. The van der Waals surface area contributed by atoms with Gasteiger partial charge in [0.2, 0.25) is 5.89 Å². The minimum atomic E-state index is 0.198. The molecular weight excluding hydrogens is 272 g/mol. The summed E-state index contributed by atoms with van der Waals surface area (Å²) in [7, 11) is 0. The number of hydrogen-bond acceptors (Lipinski definition) is 6. The Balaban J connectivity index is 1.53. The maximum absolute atomic E-state index is 6.32. The van der Waals surface area contributed by atoms with Crippen LogP contribution in [0.3, 0.4) is 0 Å². The number of thiazole rings is 1. The third-order valence-electron chi connectivity index (χ3n) is 4.73. The molecule has 20 heavy (non-hydrogen) atoms. The van der Waals surface area contributed by atoms with Crippen molar-refractivity contribution < 1.29 is 4.52 Å². The third kappa shape index (κ3) is 1.98. The molecule has 2 aromatic rings. The van der Waals surface area contributed by atoms with Crippen LogP contribution in [-0.2, 0) is 6.42 Å². The Kier molecular flexibility index (Phi) is 2.89. The third-order valence-corrected chi connectivity index (χ3v) is 5.69. The van der Waals surface area contributed by atoms with Gasteiger partial charge in [0.25, 0.3) is 0 Å². The topological polar surface area (TPSA) is 77.8 Å². The molecule has 0 saturated heterocycles. The minimum absolute atomic E-state index is 0.198. The van der Waals surface area contributed by atoms with Gasteiger partial charge in [-0.05, 0) is 38.0 Å². The van der Waals surface area contributed by atoms with E-state index in [0.717, 1.165) is 22.4 Å². The SMILES string of the molecule is Cc1csc(Cc2noc(C3C4CCC(C4)C3N)n2)n1. The van der Waals surface area contributed by atoms with E-state index in [1.807, 2.05) is 12.3 Å². The van der Waals surface area contributed by atoms with Crippen molar-refractivity contribution in [2.75, 3.05) is 0 Å². The molecule has 2 bridgehead atoms. The smallest absolute Gasteiger partial charge is 0.231 e. The first-order valence-corrected chi connectivity index (χ1v) is 8.07. The number of fused-ring (bicyclic) bond motifs is 2. The van der Waals surface area contributed by atoms with E-state index in [1.54, 1.807) is 11.3 Å². The predicted molar refractivity (Wildman–Crippen MR) is 75.5 cm³/mol. The van der Waals surface area contributed by atoms with Gasteiger partial charge in [-0.25, -0.2) is 4.98 Å². The zero-order valence-electron chi connectivity index (χ0n) is 11.5. The lowest BCUT2D eigenvalue weighted by molar-refractivity contribution is 0.278. The molecular formula is C14H18N4OS. The van der Waals surface area contributed by atoms with E-state index in [2.05, 4.69) is 15.1 Å². The van der Waals surface area contributed by atoms with Gasteiger partial charge < -0.3 is 10.3 Å². The molecule has 0 radical (unpaired) electrons. The molecule has 2 saturated carbocycles. The van der Waals surface area contributed by atoms with E-state index in [-0.39, 0.29) is 12.0 Å². The van der Waals surface area contributed by atoms with Crippen LogP contribution in [0, 0.1) is 18.8 Å². The summed E-state index contributed by atoms with van der Waals surface area (Å²) in [6.45, 7) is 2.00. The first kappa shape index (κ1) is 12.5. The van der Waals surface area contributed by atoms with E-state index in [4.69, 9.17) is 10.3 Å². The maximum Gasteiger partial charge on any atom is 0.231 e. The quantitative estimate of drug-likeness (QED) is 0.938. The average Bonchev–Trinajstić information content (AvgIpc) is 3.15. The summed E-state index contributed by atoms with van der Waals surface area (Å²) in [5, 5.41) is 7.19. The lowest BCUT2D eigenvalue weighted by Gasteiger charge is -2.24. The van der Waals surface area contributed by atoms with Crippen LogP contribution in [0.2, 0.25) is 0 Å². The fourth-order valence-electron chi connectivity index (χ4n) is 3.80. The monoisotopic (exact) mass is 290 g/mol. The molecule has 2 fully saturated rings. The van der Waals surface area contributed by atoms with Crippen molar-refractivity contribution in [3.05, 3.63) is 27.8 Å². The fraction of sp³-hybridized carbons (Fsp3) is 0.643. The van der Waals surface area contributed by atoms with Crippen molar-refractivity contribution in [3.8, 4) is 0 Å². The number of rotatable bonds is 3. The molecule has 4 atom stereocenters. The van der Waals surface area contributed by atoms with Gasteiger partial charge in [0.05, 0.1) is 12.3 Å². The Labute approximate surface area is 121 Å². The summed E-state index contributed by atoms with van der Waals surface area (Å²) < 4.78 is 5.49. The fourth-order valence-corrected chi connectivity index (χ4v) is 4.56. The summed E-state index contributed by atoms with van der Waals surface area (Å²) in [6, 6.07) is 0.198. The highest BCUT2D eigenvalue weighted by atomic mass is 32.1. The van der Waals surface area contributed by atoms with E-state index in [9.17, 15) is 0 Å². The van der Waals surface area contributed by atoms with Crippen LogP contribution < -0.4 is 5.73 Å². The highest BCUT2D eigenvalue weighted by Gasteiger charge is 2.48. The summed E-state index contributed by atoms with van der Waals surface area (Å²) in [4.78, 5) is 9.01. The van der Waals surface area contributed by atoms with Crippen LogP contribution in [0.5, 0.6) is 0 Å². The number of aryl methyl sites for hydroxylation is 1. The lowest BCUT2D eigenvalue weighted by atomic mass is 9.85. The molecule has 4 unspecified atom stereocenters. The van der Waals surface area contributed by atoms with Gasteiger partial charge in [-0.15, -0.1) is 11.3 Å². The van der Waals surface area contributed by atoms with Crippen molar-refractivity contribution in [2.24, 2.45) is 17.6 Å². The molecule has 2 heterocycles. The second-order valence-corrected chi connectivity index (χ2v) is 6.99. The molecule has 0 aromatic carbocycles. The largest absolute Gasteiger partial charge is 0.339 e. The number of nitrogens with two attached hydrogens (primary N) is 1. The van der Waals surface area contributed by atoms with Gasteiger partial charge >= 0.3 is 0 Å². The highest BCUT2D eigenvalue weighted by molar-refractivity contribution is 7.09. The summed E-state index contributed by atoms with van der Waals surface area (Å²) in [5.74, 6) is 3.04. The Bertz CT molecular complexity index is 620. The van der Waals surface area contributed by atoms with Gasteiger partial charge in [-0.1, -0.05) is 5.16 Å². The summed E-state index contributed by atoms with van der Waals surface area (Å²) >= 11 is 1.64. The Morgan fingerprint density at radius 2 is 2.20 bits per heavy atom. The van der Waals surface area contributed by atoms with E-state index in [1.165, 1.54) is 19.3 Å². The van der Waals surface area contributed by atoms with Crippen molar-refractivity contribution in [1.82, 2.24) is 15.1 Å². The van der Waals surface area contributed by atoms with Crippen LogP contribution in [0.25, 0.3) is 0 Å². The van der Waals surface area contributed by atoms with Gasteiger partial charge in [0.1, 0.15) is 5.01 Å². The molecule has 2 aliphatic rings. The molecule has 0 spiro atoms. The highest BCUT2D eigenvalue weighted by Crippen LogP contribution is 2.51. The molecule has 5 nitrogen and oxygen atoms in total. The van der Waals surface area contributed by atoms with Gasteiger partial charge in [-0.3, -0.25) is 0 Å². The molecule has 2 N–H and O–H groups in total. The molecule has 2 aliphatic carbocycles. The van der Waals surface area contributed by atoms with Crippen LogP contribution >= 0.6 is 11.3 Å². The van der Waals surface area contributed by atoms with Crippen molar-refractivity contribution in [3.63, 3.8) is 0 Å². The standard InChI is InChI=1S/C14H18N4OS/c1-7-6-20-11(16-7)5-10-17-14(19-18-10)12-8-2-3-9(4-8)13(12)15/h6,8-9,12-13H,2-5,15H2,1H3. The Morgan fingerprint density at radius 3 is 2.90 bits per heavy atom. The van der Waals surface area contributed by atoms with Crippen LogP contribution in [0.1, 0.15) is 47.6 Å².